The Kier molecular flexibility index (Phi) is 6.43. The fourth-order valence-corrected chi connectivity index (χ4v) is 3.05. The van der Waals surface area contributed by atoms with E-state index in [0.29, 0.717) is 27.6 Å². The average Bonchev–Trinajstić information content (AvgIpc) is 2.68. The lowest BCUT2D eigenvalue weighted by Crippen LogP contribution is -2.05. The van der Waals surface area contributed by atoms with Crippen molar-refractivity contribution in [2.75, 3.05) is 0 Å². The second-order valence-electron chi connectivity index (χ2n) is 5.91. The number of rotatable bonds is 7. The van der Waals surface area contributed by atoms with Crippen LogP contribution in [0.2, 0.25) is 5.02 Å². The van der Waals surface area contributed by atoms with Crippen molar-refractivity contribution in [1.29, 1.82) is 0 Å². The van der Waals surface area contributed by atoms with Gasteiger partial charge in [-0.05, 0) is 60.7 Å². The molecule has 0 bridgehead atoms. The maximum Gasteiger partial charge on any atom is 0.164 e. The molecule has 136 valence electrons. The summed E-state index contributed by atoms with van der Waals surface area (Å²) in [5, 5.41) is 0.407. The van der Waals surface area contributed by atoms with Crippen molar-refractivity contribution in [3.63, 3.8) is 0 Å². The van der Waals surface area contributed by atoms with Crippen molar-refractivity contribution < 1.29 is 14.3 Å². The minimum absolute atomic E-state index is 0.0920. The summed E-state index contributed by atoms with van der Waals surface area (Å²) in [5.41, 5.74) is 0.996. The molecule has 0 saturated heterocycles. The Labute approximate surface area is 171 Å². The number of benzene rings is 3. The summed E-state index contributed by atoms with van der Waals surface area (Å²) in [6, 6.07) is 21.2. The van der Waals surface area contributed by atoms with Crippen LogP contribution in [0.4, 0.5) is 0 Å². The maximum atomic E-state index is 12.3. The number of ketones is 2. The number of hydrogen-bond acceptors (Lipinski definition) is 3. The van der Waals surface area contributed by atoms with Gasteiger partial charge in [0.05, 0.1) is 5.02 Å². The van der Waals surface area contributed by atoms with Crippen LogP contribution < -0.4 is 4.74 Å². The van der Waals surface area contributed by atoms with Crippen LogP contribution in [0.5, 0.6) is 11.5 Å². The minimum atomic E-state index is -0.135. The Balaban J connectivity index is 1.58. The predicted octanol–water partition coefficient (Wildman–Crippen LogP) is 6.74. The molecule has 27 heavy (non-hydrogen) atoms. The van der Waals surface area contributed by atoms with Crippen molar-refractivity contribution in [2.45, 2.75) is 12.8 Å². The summed E-state index contributed by atoms with van der Waals surface area (Å²) in [5.74, 6) is 1.12. The highest BCUT2D eigenvalue weighted by atomic mass is 79.9. The summed E-state index contributed by atoms with van der Waals surface area (Å²) >= 11 is 9.40. The summed E-state index contributed by atoms with van der Waals surface area (Å²) in [6.07, 6.45) is 0.261. The van der Waals surface area contributed by atoms with Gasteiger partial charge >= 0.3 is 0 Å². The summed E-state index contributed by atoms with van der Waals surface area (Å²) in [4.78, 5) is 24.6. The van der Waals surface area contributed by atoms with E-state index in [2.05, 4.69) is 15.9 Å². The number of halogens is 2. The minimum Gasteiger partial charge on any atom is -0.457 e. The highest BCUT2D eigenvalue weighted by Crippen LogP contribution is 2.24. The van der Waals surface area contributed by atoms with Crippen LogP contribution >= 0.6 is 27.5 Å². The molecule has 3 nitrogen and oxygen atoms in total. The van der Waals surface area contributed by atoms with E-state index in [1.807, 2.05) is 24.3 Å². The number of Topliss-reactive ketones (excluding diaryl/α,β-unsaturated/α-hetero) is 2. The van der Waals surface area contributed by atoms with Gasteiger partial charge in [0.2, 0.25) is 0 Å². The number of carbonyl (C=O) groups is 2. The molecule has 0 unspecified atom stereocenters. The Morgan fingerprint density at radius 1 is 0.778 bits per heavy atom. The first kappa shape index (κ1) is 19.3. The number of carbonyl (C=O) groups excluding carboxylic acids is 2. The van der Waals surface area contributed by atoms with E-state index in [0.717, 1.165) is 4.47 Å². The van der Waals surface area contributed by atoms with Crippen molar-refractivity contribution in [3.05, 3.63) is 93.4 Å². The van der Waals surface area contributed by atoms with E-state index >= 15 is 0 Å². The third-order valence-electron chi connectivity index (χ3n) is 3.98. The number of hydrogen-bond donors (Lipinski definition) is 0. The topological polar surface area (TPSA) is 43.4 Å². The molecule has 0 radical (unpaired) electrons. The Morgan fingerprint density at radius 2 is 1.33 bits per heavy atom. The zero-order valence-electron chi connectivity index (χ0n) is 14.3. The molecular formula is C22H16BrClO3. The van der Waals surface area contributed by atoms with Crippen LogP contribution in [0.1, 0.15) is 33.6 Å². The summed E-state index contributed by atoms with van der Waals surface area (Å²) in [6.45, 7) is 0. The molecule has 3 aromatic rings. The highest BCUT2D eigenvalue weighted by molar-refractivity contribution is 9.10. The quantitative estimate of drug-likeness (QED) is 0.380. The van der Waals surface area contributed by atoms with Crippen LogP contribution in [-0.4, -0.2) is 11.6 Å². The smallest absolute Gasteiger partial charge is 0.164 e. The van der Waals surface area contributed by atoms with Gasteiger partial charge in [0.1, 0.15) is 11.5 Å². The van der Waals surface area contributed by atoms with Gasteiger partial charge in [-0.1, -0.05) is 39.7 Å². The fourth-order valence-electron chi connectivity index (χ4n) is 2.54. The molecule has 0 fully saturated rings. The molecule has 0 atom stereocenters. The molecule has 0 N–H and O–H groups in total. The predicted molar refractivity (Wildman–Crippen MR) is 110 cm³/mol. The maximum absolute atomic E-state index is 12.3. The molecule has 0 aliphatic carbocycles. The van der Waals surface area contributed by atoms with Crippen LogP contribution in [-0.2, 0) is 0 Å². The molecular weight excluding hydrogens is 428 g/mol. The third-order valence-corrected chi connectivity index (χ3v) is 4.84. The van der Waals surface area contributed by atoms with Gasteiger partial charge in [0, 0.05) is 28.4 Å². The first-order valence-corrected chi connectivity index (χ1v) is 9.54. The Hall–Kier alpha value is -2.43. The summed E-state index contributed by atoms with van der Waals surface area (Å²) in [7, 11) is 0. The van der Waals surface area contributed by atoms with E-state index < -0.39 is 0 Å². The molecule has 0 spiro atoms. The van der Waals surface area contributed by atoms with Gasteiger partial charge < -0.3 is 4.74 Å². The van der Waals surface area contributed by atoms with Crippen molar-refractivity contribution in [1.82, 2.24) is 0 Å². The van der Waals surface area contributed by atoms with E-state index in [1.54, 1.807) is 48.5 Å². The highest BCUT2D eigenvalue weighted by Gasteiger charge is 2.13. The molecule has 3 aromatic carbocycles. The first-order valence-electron chi connectivity index (χ1n) is 8.37. The normalized spacial score (nSPS) is 10.4. The number of ether oxygens (including phenoxy) is 1. The van der Waals surface area contributed by atoms with E-state index in [1.165, 1.54) is 0 Å². The van der Waals surface area contributed by atoms with Gasteiger partial charge in [-0.25, -0.2) is 0 Å². The van der Waals surface area contributed by atoms with E-state index in [-0.39, 0.29) is 24.4 Å². The average molecular weight is 444 g/mol. The largest absolute Gasteiger partial charge is 0.457 e. The van der Waals surface area contributed by atoms with E-state index in [4.69, 9.17) is 16.3 Å². The monoisotopic (exact) mass is 442 g/mol. The van der Waals surface area contributed by atoms with Gasteiger partial charge in [0.15, 0.2) is 11.6 Å². The SMILES string of the molecule is O=C(CCC(=O)c1ccccc1Cl)c1ccc(Oc2ccc(Br)cc2)cc1. The van der Waals surface area contributed by atoms with Crippen molar-refractivity contribution in [3.8, 4) is 11.5 Å². The fraction of sp³-hybridized carbons (Fsp3) is 0.0909. The van der Waals surface area contributed by atoms with Gasteiger partial charge in [-0.2, -0.15) is 0 Å². The zero-order chi connectivity index (χ0) is 19.2. The van der Waals surface area contributed by atoms with Crippen molar-refractivity contribution >= 4 is 39.1 Å². The van der Waals surface area contributed by atoms with Gasteiger partial charge in [-0.3, -0.25) is 9.59 Å². The summed E-state index contributed by atoms with van der Waals surface area (Å²) < 4.78 is 6.71. The van der Waals surface area contributed by atoms with Gasteiger partial charge in [0.25, 0.3) is 0 Å². The molecule has 0 saturated carbocycles. The van der Waals surface area contributed by atoms with Crippen LogP contribution in [0.25, 0.3) is 0 Å². The van der Waals surface area contributed by atoms with Crippen LogP contribution in [0, 0.1) is 0 Å². The second kappa shape index (κ2) is 8.98. The molecule has 3 rings (SSSR count). The second-order valence-corrected chi connectivity index (χ2v) is 7.23. The van der Waals surface area contributed by atoms with Crippen LogP contribution in [0.15, 0.2) is 77.3 Å². The Bertz CT molecular complexity index is 950. The lowest BCUT2D eigenvalue weighted by atomic mass is 10.0. The Morgan fingerprint density at radius 3 is 1.96 bits per heavy atom. The van der Waals surface area contributed by atoms with Gasteiger partial charge in [-0.15, -0.1) is 0 Å². The molecule has 0 amide bonds. The third kappa shape index (κ3) is 5.28. The van der Waals surface area contributed by atoms with Crippen molar-refractivity contribution in [2.24, 2.45) is 0 Å². The van der Waals surface area contributed by atoms with Crippen LogP contribution in [0.3, 0.4) is 0 Å². The molecule has 5 heteroatoms. The molecule has 0 aromatic heterocycles. The molecule has 0 heterocycles. The zero-order valence-corrected chi connectivity index (χ0v) is 16.7. The van der Waals surface area contributed by atoms with E-state index in [9.17, 15) is 9.59 Å². The standard InChI is InChI=1S/C22H16BrClO3/c23-16-7-11-18(12-8-16)27-17-9-5-15(6-10-17)21(25)13-14-22(26)19-3-1-2-4-20(19)24/h1-12H,13-14H2. The lowest BCUT2D eigenvalue weighted by molar-refractivity contribution is 0.0917. The molecule has 0 aliphatic heterocycles. The molecule has 0 aliphatic rings. The lowest BCUT2D eigenvalue weighted by Gasteiger charge is -2.07. The first-order chi connectivity index (χ1) is 13.0.